The van der Waals surface area contributed by atoms with E-state index in [0.29, 0.717) is 63.6 Å². The Hall–Kier alpha value is -9.02. The maximum Gasteiger partial charge on any atom is 0.270 e. The van der Waals surface area contributed by atoms with Gasteiger partial charge >= 0.3 is 0 Å². The van der Waals surface area contributed by atoms with E-state index in [9.17, 15) is 20.2 Å². The quantitative estimate of drug-likeness (QED) is 0.0546. The van der Waals surface area contributed by atoms with Crippen LogP contribution in [-0.2, 0) is 0 Å². The van der Waals surface area contributed by atoms with Gasteiger partial charge in [-0.15, -0.1) is 0 Å². The summed E-state index contributed by atoms with van der Waals surface area (Å²) in [5, 5.41) is 30.5. The van der Waals surface area contributed by atoms with Gasteiger partial charge in [-0.1, -0.05) is 124 Å². The van der Waals surface area contributed by atoms with Crippen LogP contribution in [0, 0.1) is 68.8 Å². The summed E-state index contributed by atoms with van der Waals surface area (Å²) in [5.74, 6) is 0. The Morgan fingerprint density at radius 1 is 0.386 bits per heavy atom. The third-order valence-corrected chi connectivity index (χ3v) is 11.7. The molecule has 0 fully saturated rings. The van der Waals surface area contributed by atoms with Crippen LogP contribution >= 0.6 is 0 Å². The van der Waals surface area contributed by atoms with Crippen molar-refractivity contribution in [2.24, 2.45) is 0 Å². The van der Waals surface area contributed by atoms with Gasteiger partial charge in [0.05, 0.1) is 9.85 Å². The molecule has 0 aliphatic heterocycles. The van der Waals surface area contributed by atoms with Crippen molar-refractivity contribution in [2.75, 3.05) is 36.0 Å². The number of nitro groups is 2. The first-order valence-electron chi connectivity index (χ1n) is 23.8. The first-order chi connectivity index (χ1) is 34.2. The minimum atomic E-state index is -0.462. The maximum absolute atomic E-state index is 11.9. The molecule has 0 saturated heterocycles. The summed E-state index contributed by atoms with van der Waals surface area (Å²) >= 11 is 0. The lowest BCUT2D eigenvalue weighted by Gasteiger charge is -2.24. The molecule has 70 heavy (non-hydrogen) atoms. The normalized spacial score (nSPS) is 10.5. The lowest BCUT2D eigenvalue weighted by Crippen LogP contribution is -2.29. The van der Waals surface area contributed by atoms with Crippen LogP contribution in [0.3, 0.4) is 0 Å². The molecule has 0 amide bonds. The van der Waals surface area contributed by atoms with Gasteiger partial charge in [0, 0.05) is 125 Å². The van der Waals surface area contributed by atoms with E-state index in [1.807, 2.05) is 24.3 Å². The largest absolute Gasteiger partial charge is 0.372 e. The van der Waals surface area contributed by atoms with Crippen LogP contribution in [0.2, 0.25) is 0 Å². The zero-order valence-corrected chi connectivity index (χ0v) is 40.0. The van der Waals surface area contributed by atoms with E-state index >= 15 is 0 Å². The molecule has 6 aromatic rings. The first kappa shape index (κ1) is 48.9. The third-order valence-electron chi connectivity index (χ3n) is 11.7. The molecule has 0 atom stereocenters. The van der Waals surface area contributed by atoms with Crippen molar-refractivity contribution >= 4 is 89.5 Å². The molecule has 0 spiro atoms. The number of hydrogen-bond donors (Lipinski definition) is 0. The Kier molecular flexibility index (Phi) is 16.9. The van der Waals surface area contributed by atoms with Crippen molar-refractivity contribution in [1.82, 2.24) is 0 Å². The minimum absolute atomic E-state index is 0.116. The van der Waals surface area contributed by atoms with Gasteiger partial charge in [0.15, 0.2) is 0 Å². The molecular weight excluding hydrogens is 865 g/mol. The van der Waals surface area contributed by atoms with Crippen LogP contribution in [0.15, 0.2) is 96.4 Å². The predicted octanol–water partition coefficient (Wildman–Crippen LogP) is 9.10. The van der Waals surface area contributed by atoms with Gasteiger partial charge in [0.1, 0.15) is 0 Å². The zero-order valence-electron chi connectivity index (χ0n) is 40.0. The fraction of sp³-hybridized carbons (Fsp3) is 0.258. The summed E-state index contributed by atoms with van der Waals surface area (Å²) in [6.45, 7) is 12.4. The van der Waals surface area contributed by atoms with Gasteiger partial charge in [-0.05, 0) is 110 Å². The molecular formula is C62H50N4O4. The summed E-state index contributed by atoms with van der Waals surface area (Å²) in [6.07, 6.45) is 8.50. The molecule has 7 rings (SSSR count). The lowest BCUT2D eigenvalue weighted by molar-refractivity contribution is -0.385. The van der Waals surface area contributed by atoms with Crippen molar-refractivity contribution in [2.45, 2.75) is 79.1 Å². The van der Waals surface area contributed by atoms with E-state index in [2.05, 4.69) is 156 Å². The van der Waals surface area contributed by atoms with E-state index in [1.165, 1.54) is 24.3 Å². The van der Waals surface area contributed by atoms with Crippen LogP contribution in [-0.4, -0.2) is 36.0 Å². The van der Waals surface area contributed by atoms with Crippen LogP contribution in [0.4, 0.5) is 22.7 Å². The van der Waals surface area contributed by atoms with Gasteiger partial charge in [0.25, 0.3) is 11.4 Å². The second-order valence-electron chi connectivity index (χ2n) is 16.8. The predicted molar refractivity (Wildman–Crippen MR) is 280 cm³/mol. The molecule has 0 radical (unpaired) electrons. The molecule has 6 aromatic carbocycles. The van der Waals surface area contributed by atoms with E-state index in [-0.39, 0.29) is 11.4 Å². The molecule has 8 heteroatoms. The maximum atomic E-state index is 11.9. The molecule has 0 aromatic heterocycles. The van der Waals surface area contributed by atoms with Gasteiger partial charge < -0.3 is 9.80 Å². The average molecular weight is 915 g/mol. The fourth-order valence-electron chi connectivity index (χ4n) is 7.68. The molecule has 8 nitrogen and oxygen atoms in total. The Morgan fingerprint density at radius 3 is 1.27 bits per heavy atom. The number of nitrogens with zero attached hydrogens (tertiary/aromatic N) is 4. The highest BCUT2D eigenvalue weighted by atomic mass is 16.6. The molecule has 342 valence electrons. The Bertz CT molecular complexity index is 3740. The standard InChI is InChI=1S/C62H50N4O4/c1-5-9-37-63(38-10-6-2)59-33-29-47-21-25-55-41-56-26-22-48-30-34-60(64(39-11-7-3)40-12-8-4)44-52(48)18-14-16-20-54-46-62(66(69)70)36-32-50(54)24-28-58(56)42-57(55)27-23-49-31-35-61(65(67)68)45-53(49)19-15-13-17-51(47)43-59/h29-36,41-46H,5-12,37-40H2,1-4H3. The summed E-state index contributed by atoms with van der Waals surface area (Å²) in [7, 11) is 0. The topological polar surface area (TPSA) is 92.8 Å². The van der Waals surface area contributed by atoms with Crippen molar-refractivity contribution in [3.8, 4) is 0 Å². The second kappa shape index (κ2) is 24.1. The van der Waals surface area contributed by atoms with Gasteiger partial charge in [-0.3, -0.25) is 20.2 Å². The summed E-state index contributed by atoms with van der Waals surface area (Å²) in [5.41, 5.74) is 27.4. The molecule has 0 heterocycles. The molecule has 0 bridgehead atoms. The third kappa shape index (κ3) is 12.7. The molecule has 1 aliphatic rings. The second-order valence-corrected chi connectivity index (χ2v) is 16.8. The van der Waals surface area contributed by atoms with Crippen molar-refractivity contribution in [3.63, 3.8) is 0 Å². The van der Waals surface area contributed by atoms with Crippen molar-refractivity contribution in [3.05, 3.63) is 196 Å². The number of nitro benzene ring substituents is 2. The van der Waals surface area contributed by atoms with Crippen molar-refractivity contribution in [1.29, 1.82) is 0 Å². The average Bonchev–Trinajstić information content (AvgIpc) is 3.37. The number of unbranched alkanes of at least 4 members (excludes halogenated alkanes) is 4. The first-order valence-corrected chi connectivity index (χ1v) is 23.8. The number of anilines is 2. The number of fused-ring (bicyclic) bond motifs is 6. The van der Waals surface area contributed by atoms with Gasteiger partial charge in [-0.2, -0.15) is 0 Å². The Morgan fingerprint density at radius 2 is 0.757 bits per heavy atom. The Labute approximate surface area is 409 Å². The van der Waals surface area contributed by atoms with Crippen LogP contribution in [0.25, 0.3) is 66.7 Å². The van der Waals surface area contributed by atoms with Crippen LogP contribution in [0.1, 0.15) is 79.1 Å². The number of hydrogen-bond acceptors (Lipinski definition) is 6. The van der Waals surface area contributed by atoms with E-state index < -0.39 is 9.85 Å². The lowest BCUT2D eigenvalue weighted by atomic mass is 10.1. The highest BCUT2D eigenvalue weighted by molar-refractivity contribution is 5.85. The molecule has 0 N–H and O–H groups in total. The fourth-order valence-corrected chi connectivity index (χ4v) is 7.68. The highest BCUT2D eigenvalue weighted by Gasteiger charge is 2.09. The van der Waals surface area contributed by atoms with Crippen LogP contribution < -0.4 is 41.1 Å². The van der Waals surface area contributed by atoms with Gasteiger partial charge in [0.2, 0.25) is 0 Å². The zero-order chi connectivity index (χ0) is 49.2. The minimum Gasteiger partial charge on any atom is -0.372 e. The molecule has 0 unspecified atom stereocenters. The van der Waals surface area contributed by atoms with E-state index in [4.69, 9.17) is 0 Å². The Balaban J connectivity index is 1.66. The summed E-state index contributed by atoms with van der Waals surface area (Å²) < 4.78 is 0. The SMILES string of the molecule is CCCCN(CCCC)c1ccc2c(c1)=C=C=C=C=c1cc([N+](=O)[O-])ccc1=C=C=c1cc3c#cc4ccc([N+](=O)[O-])cc4c#cc#cc4cc(N(CCCC)CCCC)ccc4c#cc3cc1=C=C=2. The number of non-ortho nitro benzene ring substituents is 2. The summed E-state index contributed by atoms with van der Waals surface area (Å²) in [6, 6.07) is 50.3. The number of benzene rings is 5. The van der Waals surface area contributed by atoms with Crippen LogP contribution in [0.5, 0.6) is 0 Å². The summed E-state index contributed by atoms with van der Waals surface area (Å²) in [4.78, 5) is 27.6. The highest BCUT2D eigenvalue weighted by Crippen LogP contribution is 2.21. The van der Waals surface area contributed by atoms with Crippen molar-refractivity contribution < 1.29 is 9.85 Å². The monoisotopic (exact) mass is 914 g/mol. The smallest absolute Gasteiger partial charge is 0.270 e. The van der Waals surface area contributed by atoms with Gasteiger partial charge in [-0.25, -0.2) is 0 Å². The number of rotatable bonds is 16. The molecule has 0 saturated carbocycles. The van der Waals surface area contributed by atoms with E-state index in [1.54, 1.807) is 12.1 Å². The van der Waals surface area contributed by atoms with E-state index in [0.717, 1.165) is 88.9 Å². The molecule has 1 aliphatic carbocycles.